The van der Waals surface area contributed by atoms with Gasteiger partial charge < -0.3 is 15.0 Å². The number of nitrogens with zero attached hydrogens (tertiary/aromatic N) is 2. The van der Waals surface area contributed by atoms with Crippen molar-refractivity contribution in [2.75, 3.05) is 7.11 Å². The first-order chi connectivity index (χ1) is 9.12. The molecule has 4 nitrogen and oxygen atoms in total. The predicted octanol–water partition coefficient (Wildman–Crippen LogP) is 2.88. The van der Waals surface area contributed by atoms with Crippen LogP contribution in [0.4, 0.5) is 0 Å². The number of benzene rings is 1. The van der Waals surface area contributed by atoms with Crippen LogP contribution in [0.3, 0.4) is 0 Å². The van der Waals surface area contributed by atoms with Gasteiger partial charge in [0.25, 0.3) is 0 Å². The van der Waals surface area contributed by atoms with Crippen LogP contribution in [0, 0.1) is 0 Å². The predicted molar refractivity (Wildman–Crippen MR) is 80.2 cm³/mol. The number of ether oxygens (including phenoxy) is 1. The number of rotatable bonds is 4. The van der Waals surface area contributed by atoms with Crippen LogP contribution >= 0.6 is 15.9 Å². The van der Waals surface area contributed by atoms with E-state index in [0.29, 0.717) is 6.54 Å². The standard InChI is InChI=1S/C14H18BrN3O/c1-4-9-5-6-12(19-3)10(7-9)14-17-13(15)11(8-16)18(14)2/h5-7H,4,8,16H2,1-3H3. The van der Waals surface area contributed by atoms with E-state index < -0.39 is 0 Å². The van der Waals surface area contributed by atoms with Gasteiger partial charge in [-0.1, -0.05) is 13.0 Å². The summed E-state index contributed by atoms with van der Waals surface area (Å²) >= 11 is 3.45. The lowest BCUT2D eigenvalue weighted by Crippen LogP contribution is -2.05. The smallest absolute Gasteiger partial charge is 0.145 e. The van der Waals surface area contributed by atoms with Gasteiger partial charge in [0.2, 0.25) is 0 Å². The maximum atomic E-state index is 5.75. The van der Waals surface area contributed by atoms with Crippen molar-refractivity contribution in [3.05, 3.63) is 34.1 Å². The molecule has 0 atom stereocenters. The minimum absolute atomic E-state index is 0.444. The van der Waals surface area contributed by atoms with Crippen molar-refractivity contribution in [3.63, 3.8) is 0 Å². The molecule has 0 aliphatic heterocycles. The number of hydrogen-bond acceptors (Lipinski definition) is 3. The van der Waals surface area contributed by atoms with Crippen LogP contribution in [0.25, 0.3) is 11.4 Å². The van der Waals surface area contributed by atoms with Crippen molar-refractivity contribution < 1.29 is 4.74 Å². The van der Waals surface area contributed by atoms with E-state index in [1.54, 1.807) is 7.11 Å². The fourth-order valence-electron chi connectivity index (χ4n) is 2.11. The quantitative estimate of drug-likeness (QED) is 0.941. The molecule has 0 saturated heterocycles. The molecule has 0 fully saturated rings. The van der Waals surface area contributed by atoms with Crippen molar-refractivity contribution in [1.82, 2.24) is 9.55 Å². The zero-order valence-corrected chi connectivity index (χ0v) is 13.0. The monoisotopic (exact) mass is 323 g/mol. The van der Waals surface area contributed by atoms with E-state index in [4.69, 9.17) is 10.5 Å². The topological polar surface area (TPSA) is 53.1 Å². The van der Waals surface area contributed by atoms with Crippen LogP contribution in [0.5, 0.6) is 5.75 Å². The Morgan fingerprint density at radius 2 is 2.16 bits per heavy atom. The Hall–Kier alpha value is -1.33. The number of imidazole rings is 1. The molecule has 102 valence electrons. The van der Waals surface area contributed by atoms with E-state index in [1.807, 2.05) is 17.7 Å². The van der Waals surface area contributed by atoms with Crippen LogP contribution in [0.2, 0.25) is 0 Å². The highest BCUT2D eigenvalue weighted by Crippen LogP contribution is 2.32. The van der Waals surface area contributed by atoms with E-state index in [2.05, 4.69) is 40.0 Å². The summed E-state index contributed by atoms with van der Waals surface area (Å²) in [5.41, 5.74) is 8.96. The molecule has 0 amide bonds. The van der Waals surface area contributed by atoms with Crippen molar-refractivity contribution in [2.45, 2.75) is 19.9 Å². The first kappa shape index (κ1) is 14.1. The highest BCUT2D eigenvalue weighted by atomic mass is 79.9. The maximum Gasteiger partial charge on any atom is 0.145 e. The second kappa shape index (κ2) is 5.75. The summed E-state index contributed by atoms with van der Waals surface area (Å²) in [5, 5.41) is 0. The molecule has 2 aromatic rings. The number of nitrogens with two attached hydrogens (primary N) is 1. The average Bonchev–Trinajstić information content (AvgIpc) is 2.72. The minimum Gasteiger partial charge on any atom is -0.496 e. The number of hydrogen-bond donors (Lipinski definition) is 1. The summed E-state index contributed by atoms with van der Waals surface area (Å²) in [7, 11) is 3.64. The van der Waals surface area contributed by atoms with Crippen molar-refractivity contribution in [3.8, 4) is 17.1 Å². The highest BCUT2D eigenvalue weighted by Gasteiger charge is 2.16. The van der Waals surface area contributed by atoms with Crippen molar-refractivity contribution in [2.24, 2.45) is 12.8 Å². The van der Waals surface area contributed by atoms with Gasteiger partial charge in [-0.3, -0.25) is 0 Å². The van der Waals surface area contributed by atoms with Gasteiger partial charge in [0.05, 0.1) is 18.4 Å². The van der Waals surface area contributed by atoms with Gasteiger partial charge >= 0.3 is 0 Å². The number of halogens is 1. The van der Waals surface area contributed by atoms with E-state index in [-0.39, 0.29) is 0 Å². The van der Waals surface area contributed by atoms with E-state index >= 15 is 0 Å². The molecule has 19 heavy (non-hydrogen) atoms. The summed E-state index contributed by atoms with van der Waals surface area (Å²) in [4.78, 5) is 4.55. The lowest BCUT2D eigenvalue weighted by atomic mass is 10.1. The summed E-state index contributed by atoms with van der Waals surface area (Å²) < 4.78 is 8.23. The molecular formula is C14H18BrN3O. The van der Waals surface area contributed by atoms with Gasteiger partial charge in [0.15, 0.2) is 0 Å². The third kappa shape index (κ3) is 2.53. The van der Waals surface area contributed by atoms with Crippen LogP contribution in [-0.4, -0.2) is 16.7 Å². The normalized spacial score (nSPS) is 10.8. The Morgan fingerprint density at radius 3 is 2.68 bits per heavy atom. The van der Waals surface area contributed by atoms with E-state index in [1.165, 1.54) is 5.56 Å². The van der Waals surface area contributed by atoms with Gasteiger partial charge in [-0.15, -0.1) is 0 Å². The molecule has 0 radical (unpaired) electrons. The lowest BCUT2D eigenvalue weighted by molar-refractivity contribution is 0.416. The Bertz CT molecular complexity index is 593. The van der Waals surface area contributed by atoms with E-state index in [0.717, 1.165) is 33.9 Å². The molecule has 0 aliphatic carbocycles. The molecule has 0 saturated carbocycles. The SMILES string of the molecule is CCc1ccc(OC)c(-c2nc(Br)c(CN)n2C)c1. The first-order valence-corrected chi connectivity index (χ1v) is 7.00. The van der Waals surface area contributed by atoms with Crippen molar-refractivity contribution >= 4 is 15.9 Å². The van der Waals surface area contributed by atoms with Crippen LogP contribution in [0.1, 0.15) is 18.2 Å². The van der Waals surface area contributed by atoms with Gasteiger partial charge in [0.1, 0.15) is 16.2 Å². The first-order valence-electron chi connectivity index (χ1n) is 6.20. The fraction of sp³-hybridized carbons (Fsp3) is 0.357. The molecule has 5 heteroatoms. The summed E-state index contributed by atoms with van der Waals surface area (Å²) in [6, 6.07) is 6.18. The fourth-order valence-corrected chi connectivity index (χ4v) is 2.71. The average molecular weight is 324 g/mol. The molecule has 0 spiro atoms. The van der Waals surface area contributed by atoms with Gasteiger partial charge in [0, 0.05) is 13.6 Å². The minimum atomic E-state index is 0.444. The maximum absolute atomic E-state index is 5.75. The van der Waals surface area contributed by atoms with Crippen LogP contribution in [-0.2, 0) is 20.0 Å². The molecule has 0 bridgehead atoms. The van der Waals surface area contributed by atoms with E-state index in [9.17, 15) is 0 Å². The molecule has 0 unspecified atom stereocenters. The summed E-state index contributed by atoms with van der Waals surface area (Å²) in [6.07, 6.45) is 0.979. The van der Waals surface area contributed by atoms with Gasteiger partial charge in [-0.25, -0.2) is 4.98 Å². The summed E-state index contributed by atoms with van der Waals surface area (Å²) in [6.45, 7) is 2.57. The van der Waals surface area contributed by atoms with Gasteiger partial charge in [-0.2, -0.15) is 0 Å². The second-order valence-electron chi connectivity index (χ2n) is 4.32. The number of aromatic nitrogens is 2. The molecule has 1 aromatic heterocycles. The molecule has 2 rings (SSSR count). The largest absolute Gasteiger partial charge is 0.496 e. The number of methoxy groups -OCH3 is 1. The highest BCUT2D eigenvalue weighted by molar-refractivity contribution is 9.10. The molecule has 0 aliphatic rings. The summed E-state index contributed by atoms with van der Waals surface area (Å²) in [5.74, 6) is 1.68. The van der Waals surface area contributed by atoms with Crippen LogP contribution < -0.4 is 10.5 Å². The van der Waals surface area contributed by atoms with Crippen molar-refractivity contribution in [1.29, 1.82) is 0 Å². The Kier molecular flexibility index (Phi) is 4.27. The second-order valence-corrected chi connectivity index (χ2v) is 5.08. The van der Waals surface area contributed by atoms with Crippen LogP contribution in [0.15, 0.2) is 22.8 Å². The third-order valence-corrected chi connectivity index (χ3v) is 3.91. The number of aryl methyl sites for hydroxylation is 1. The van der Waals surface area contributed by atoms with Gasteiger partial charge in [-0.05, 0) is 40.0 Å². The Balaban J connectivity index is 2.63. The molecule has 1 aromatic carbocycles. The lowest BCUT2D eigenvalue weighted by Gasteiger charge is -2.11. The molecular weight excluding hydrogens is 306 g/mol. The zero-order valence-electron chi connectivity index (χ0n) is 11.4. The molecule has 2 N–H and O–H groups in total. The third-order valence-electron chi connectivity index (χ3n) is 3.27. The molecule has 1 heterocycles. The Morgan fingerprint density at radius 1 is 1.42 bits per heavy atom. The zero-order chi connectivity index (χ0) is 14.0. The Labute approximate surface area is 121 Å².